The molecule has 1 heterocycles. The summed E-state index contributed by atoms with van der Waals surface area (Å²) in [5, 5.41) is 12.7. The van der Waals surface area contributed by atoms with Crippen LogP contribution in [0.5, 0.6) is 5.75 Å². The highest BCUT2D eigenvalue weighted by Crippen LogP contribution is 2.31. The Bertz CT molecular complexity index is 898. The van der Waals surface area contributed by atoms with Crippen LogP contribution in [-0.2, 0) is 16.0 Å². The third-order valence-electron chi connectivity index (χ3n) is 4.46. The van der Waals surface area contributed by atoms with Gasteiger partial charge in [0.15, 0.2) is 6.29 Å². The van der Waals surface area contributed by atoms with Gasteiger partial charge in [0.25, 0.3) is 0 Å². The van der Waals surface area contributed by atoms with Gasteiger partial charge in [-0.15, -0.1) is 0 Å². The minimum absolute atomic E-state index is 0.0530. The summed E-state index contributed by atoms with van der Waals surface area (Å²) >= 11 is 6.28. The molecule has 140 valence electrons. The topological polar surface area (TPSA) is 86.7 Å². The van der Waals surface area contributed by atoms with Crippen LogP contribution in [0.2, 0.25) is 5.02 Å². The quantitative estimate of drug-likeness (QED) is 0.743. The Hall–Kier alpha value is -2.86. The van der Waals surface area contributed by atoms with E-state index in [1.165, 1.54) is 6.07 Å². The van der Waals surface area contributed by atoms with Gasteiger partial charge in [-0.1, -0.05) is 17.7 Å². The van der Waals surface area contributed by atoms with Crippen molar-refractivity contribution >= 4 is 41.1 Å². The summed E-state index contributed by atoms with van der Waals surface area (Å²) in [7, 11) is 0. The van der Waals surface area contributed by atoms with Gasteiger partial charge in [0, 0.05) is 25.1 Å². The number of aryl methyl sites for hydroxylation is 1. The molecule has 7 heteroatoms. The molecule has 1 saturated heterocycles. The van der Waals surface area contributed by atoms with Crippen LogP contribution in [0.4, 0.5) is 11.4 Å². The lowest BCUT2D eigenvalue weighted by molar-refractivity contribution is -0.117. The van der Waals surface area contributed by atoms with E-state index in [1.54, 1.807) is 35.2 Å². The molecular formula is C20H19ClN2O4. The zero-order valence-corrected chi connectivity index (χ0v) is 15.3. The predicted octanol–water partition coefficient (Wildman–Crippen LogP) is 3.56. The van der Waals surface area contributed by atoms with Crippen molar-refractivity contribution in [2.75, 3.05) is 16.8 Å². The van der Waals surface area contributed by atoms with Crippen molar-refractivity contribution < 1.29 is 19.5 Å². The monoisotopic (exact) mass is 386 g/mol. The van der Waals surface area contributed by atoms with Gasteiger partial charge < -0.3 is 15.3 Å². The van der Waals surface area contributed by atoms with Gasteiger partial charge in [0.2, 0.25) is 11.8 Å². The van der Waals surface area contributed by atoms with E-state index in [4.69, 9.17) is 11.6 Å². The van der Waals surface area contributed by atoms with E-state index in [0.717, 1.165) is 12.0 Å². The SMILES string of the molecule is O=Cc1cc(CCC(=O)Nc2ccc(N3CCCC3=O)c(Cl)c2)ccc1O. The number of hydrogen-bond donors (Lipinski definition) is 2. The van der Waals surface area contributed by atoms with Gasteiger partial charge in [-0.3, -0.25) is 14.4 Å². The van der Waals surface area contributed by atoms with Gasteiger partial charge in [-0.25, -0.2) is 0 Å². The second-order valence-corrected chi connectivity index (χ2v) is 6.78. The molecule has 0 bridgehead atoms. The molecule has 1 aliphatic rings. The zero-order chi connectivity index (χ0) is 19.4. The number of nitrogens with one attached hydrogen (secondary N) is 1. The van der Waals surface area contributed by atoms with Crippen LogP contribution in [0.25, 0.3) is 0 Å². The van der Waals surface area contributed by atoms with Crippen LogP contribution in [0.3, 0.4) is 0 Å². The maximum Gasteiger partial charge on any atom is 0.227 e. The van der Waals surface area contributed by atoms with Crippen LogP contribution in [-0.4, -0.2) is 29.8 Å². The van der Waals surface area contributed by atoms with Crippen LogP contribution >= 0.6 is 11.6 Å². The third kappa shape index (κ3) is 4.46. The van der Waals surface area contributed by atoms with Crippen molar-refractivity contribution in [3.05, 3.63) is 52.5 Å². The second kappa shape index (κ2) is 8.22. The maximum atomic E-state index is 12.2. The number of benzene rings is 2. The van der Waals surface area contributed by atoms with E-state index >= 15 is 0 Å². The smallest absolute Gasteiger partial charge is 0.227 e. The first kappa shape index (κ1) is 18.9. The average molecular weight is 387 g/mol. The Balaban J connectivity index is 1.60. The van der Waals surface area contributed by atoms with Crippen LogP contribution in [0.15, 0.2) is 36.4 Å². The number of aldehydes is 1. The zero-order valence-electron chi connectivity index (χ0n) is 14.6. The molecule has 0 saturated carbocycles. The van der Waals surface area contributed by atoms with Gasteiger partial charge in [-0.2, -0.15) is 0 Å². The fourth-order valence-electron chi connectivity index (χ4n) is 3.04. The predicted molar refractivity (Wildman–Crippen MR) is 103 cm³/mol. The van der Waals surface area contributed by atoms with Crippen molar-refractivity contribution in [3.63, 3.8) is 0 Å². The van der Waals surface area contributed by atoms with Crippen LogP contribution in [0, 0.1) is 0 Å². The Kier molecular flexibility index (Phi) is 5.76. The summed E-state index contributed by atoms with van der Waals surface area (Å²) < 4.78 is 0. The first-order valence-corrected chi connectivity index (χ1v) is 9.02. The number of phenols is 1. The highest BCUT2D eigenvalue weighted by Gasteiger charge is 2.23. The molecule has 1 aliphatic heterocycles. The van der Waals surface area contributed by atoms with Crippen molar-refractivity contribution in [3.8, 4) is 5.75 Å². The summed E-state index contributed by atoms with van der Waals surface area (Å²) in [6, 6.07) is 9.76. The lowest BCUT2D eigenvalue weighted by Gasteiger charge is -2.18. The number of carbonyl (C=O) groups excluding carboxylic acids is 3. The molecular weight excluding hydrogens is 368 g/mol. The minimum Gasteiger partial charge on any atom is -0.507 e. The molecule has 27 heavy (non-hydrogen) atoms. The van der Waals surface area contributed by atoms with E-state index in [2.05, 4.69) is 5.32 Å². The highest BCUT2D eigenvalue weighted by atomic mass is 35.5. The number of amides is 2. The van der Waals surface area contributed by atoms with Gasteiger partial charge in [0.05, 0.1) is 16.3 Å². The number of hydrogen-bond acceptors (Lipinski definition) is 4. The third-order valence-corrected chi connectivity index (χ3v) is 4.76. The van der Waals surface area contributed by atoms with Gasteiger partial charge >= 0.3 is 0 Å². The molecule has 2 amide bonds. The molecule has 6 nitrogen and oxygen atoms in total. The number of rotatable bonds is 6. The number of nitrogens with zero attached hydrogens (tertiary/aromatic N) is 1. The highest BCUT2D eigenvalue weighted by molar-refractivity contribution is 6.34. The Morgan fingerprint density at radius 2 is 2.07 bits per heavy atom. The number of anilines is 2. The molecule has 0 aromatic heterocycles. The van der Waals surface area contributed by atoms with E-state index in [0.29, 0.717) is 42.1 Å². The summed E-state index contributed by atoms with van der Waals surface area (Å²) in [5.41, 5.74) is 2.19. The maximum absolute atomic E-state index is 12.2. The first-order valence-electron chi connectivity index (χ1n) is 8.65. The molecule has 2 N–H and O–H groups in total. The molecule has 3 rings (SSSR count). The largest absolute Gasteiger partial charge is 0.507 e. The van der Waals surface area contributed by atoms with E-state index in [1.807, 2.05) is 0 Å². The molecule has 2 aromatic rings. The number of carbonyl (C=O) groups is 3. The van der Waals surface area contributed by atoms with E-state index in [-0.39, 0.29) is 29.5 Å². The van der Waals surface area contributed by atoms with Gasteiger partial charge in [0.1, 0.15) is 5.75 Å². The average Bonchev–Trinajstić information content (AvgIpc) is 3.07. The lowest BCUT2D eigenvalue weighted by Crippen LogP contribution is -2.24. The molecule has 0 atom stereocenters. The Labute approximate surface area is 161 Å². The summed E-state index contributed by atoms with van der Waals surface area (Å²) in [6.07, 6.45) is 2.57. The fourth-order valence-corrected chi connectivity index (χ4v) is 3.32. The molecule has 0 spiro atoms. The van der Waals surface area contributed by atoms with Gasteiger partial charge in [-0.05, 0) is 48.7 Å². The van der Waals surface area contributed by atoms with Crippen molar-refractivity contribution in [2.24, 2.45) is 0 Å². The molecule has 0 unspecified atom stereocenters. The Morgan fingerprint density at radius 3 is 2.74 bits per heavy atom. The van der Waals surface area contributed by atoms with Crippen LogP contribution in [0.1, 0.15) is 35.2 Å². The number of halogens is 1. The number of aromatic hydroxyl groups is 1. The normalized spacial score (nSPS) is 13.7. The second-order valence-electron chi connectivity index (χ2n) is 6.37. The summed E-state index contributed by atoms with van der Waals surface area (Å²) in [5.74, 6) is -0.224. The lowest BCUT2D eigenvalue weighted by atomic mass is 10.1. The molecule has 2 aromatic carbocycles. The summed E-state index contributed by atoms with van der Waals surface area (Å²) in [4.78, 5) is 36.5. The minimum atomic E-state index is -0.197. The molecule has 0 radical (unpaired) electrons. The molecule has 1 fully saturated rings. The standard InChI is InChI=1S/C20H19ClN2O4/c21-16-11-15(5-6-17(16)23-9-1-2-20(23)27)22-19(26)8-4-13-3-7-18(25)14(10-13)12-24/h3,5-7,10-12,25H,1-2,4,8-9H2,(H,22,26). The van der Waals surface area contributed by atoms with Crippen LogP contribution < -0.4 is 10.2 Å². The van der Waals surface area contributed by atoms with Crippen molar-refractivity contribution in [1.82, 2.24) is 0 Å². The van der Waals surface area contributed by atoms with E-state index in [9.17, 15) is 19.5 Å². The number of phenolic OH excluding ortho intramolecular Hbond substituents is 1. The first-order chi connectivity index (χ1) is 13.0. The summed E-state index contributed by atoms with van der Waals surface area (Å²) in [6.45, 7) is 0.652. The van der Waals surface area contributed by atoms with Crippen molar-refractivity contribution in [1.29, 1.82) is 0 Å². The van der Waals surface area contributed by atoms with E-state index < -0.39 is 0 Å². The Morgan fingerprint density at radius 1 is 1.26 bits per heavy atom. The van der Waals surface area contributed by atoms with Crippen molar-refractivity contribution in [2.45, 2.75) is 25.7 Å². The fraction of sp³-hybridized carbons (Fsp3) is 0.250. The molecule has 0 aliphatic carbocycles.